The first-order valence-electron chi connectivity index (χ1n) is 4.89. The number of alkyl halides is 2. The maximum atomic E-state index is 5.79. The minimum Gasteiger partial charge on any atom is -0.270 e. The number of aryl methyl sites for hydroxylation is 3. The fourth-order valence-electron chi connectivity index (χ4n) is 1.46. The van der Waals surface area contributed by atoms with E-state index in [9.17, 15) is 0 Å². The van der Waals surface area contributed by atoms with E-state index in [1.54, 1.807) is 0 Å². The SMILES string of the molecule is Cc1cc(C)n(CCCCC(Cl)Br)n1. The largest absolute Gasteiger partial charge is 0.270 e. The third-order valence-electron chi connectivity index (χ3n) is 2.15. The third-order valence-corrected chi connectivity index (χ3v) is 2.82. The first kappa shape index (κ1) is 12.1. The lowest BCUT2D eigenvalue weighted by Gasteiger charge is -2.04. The highest BCUT2D eigenvalue weighted by molar-refractivity contribution is 9.10. The van der Waals surface area contributed by atoms with E-state index in [2.05, 4.69) is 38.7 Å². The second kappa shape index (κ2) is 5.76. The van der Waals surface area contributed by atoms with Crippen LogP contribution >= 0.6 is 27.5 Å². The van der Waals surface area contributed by atoms with Crippen LogP contribution in [0.25, 0.3) is 0 Å². The summed E-state index contributed by atoms with van der Waals surface area (Å²) in [6.07, 6.45) is 3.29. The molecule has 0 aliphatic carbocycles. The second-order valence-corrected chi connectivity index (χ2v) is 5.70. The predicted molar refractivity (Wildman–Crippen MR) is 64.1 cm³/mol. The van der Waals surface area contributed by atoms with Crippen LogP contribution in [-0.2, 0) is 6.54 Å². The number of hydrogen-bond acceptors (Lipinski definition) is 1. The maximum absolute atomic E-state index is 5.79. The molecule has 14 heavy (non-hydrogen) atoms. The molecule has 1 rings (SSSR count). The fraction of sp³-hybridized carbons (Fsp3) is 0.700. The number of aromatic nitrogens is 2. The van der Waals surface area contributed by atoms with Crippen molar-refractivity contribution in [3.05, 3.63) is 17.5 Å². The van der Waals surface area contributed by atoms with Crippen LogP contribution in [0, 0.1) is 13.8 Å². The lowest BCUT2D eigenvalue weighted by Crippen LogP contribution is -2.02. The topological polar surface area (TPSA) is 17.8 Å². The molecule has 0 aliphatic rings. The highest BCUT2D eigenvalue weighted by Crippen LogP contribution is 2.14. The van der Waals surface area contributed by atoms with Crippen molar-refractivity contribution in [2.24, 2.45) is 0 Å². The quantitative estimate of drug-likeness (QED) is 0.594. The van der Waals surface area contributed by atoms with Gasteiger partial charge in [0.2, 0.25) is 0 Å². The van der Waals surface area contributed by atoms with Gasteiger partial charge in [-0.05, 0) is 39.2 Å². The highest BCUT2D eigenvalue weighted by Gasteiger charge is 2.01. The highest BCUT2D eigenvalue weighted by atomic mass is 79.9. The Balaban J connectivity index is 2.28. The summed E-state index contributed by atoms with van der Waals surface area (Å²) in [6, 6.07) is 2.11. The normalized spacial score (nSPS) is 13.1. The summed E-state index contributed by atoms with van der Waals surface area (Å²) in [5.74, 6) is 0. The number of nitrogens with zero attached hydrogens (tertiary/aromatic N) is 2. The van der Waals surface area contributed by atoms with E-state index in [4.69, 9.17) is 11.6 Å². The Labute approximate surface area is 98.8 Å². The molecule has 1 heterocycles. The van der Waals surface area contributed by atoms with E-state index < -0.39 is 0 Å². The van der Waals surface area contributed by atoms with Gasteiger partial charge in [0, 0.05) is 12.2 Å². The Morgan fingerprint density at radius 2 is 2.21 bits per heavy atom. The lowest BCUT2D eigenvalue weighted by molar-refractivity contribution is 0.539. The summed E-state index contributed by atoms with van der Waals surface area (Å²) in [4.78, 5) is 0. The Hall–Kier alpha value is -0.0200. The molecule has 0 saturated carbocycles. The monoisotopic (exact) mass is 278 g/mol. The van der Waals surface area contributed by atoms with Gasteiger partial charge in [0.1, 0.15) is 0 Å². The Bertz CT molecular complexity index is 284. The van der Waals surface area contributed by atoms with E-state index in [0.717, 1.165) is 31.5 Å². The minimum absolute atomic E-state index is 0.114. The molecule has 1 unspecified atom stereocenters. The van der Waals surface area contributed by atoms with Crippen LogP contribution in [0.4, 0.5) is 0 Å². The Kier molecular flexibility index (Phi) is 4.96. The van der Waals surface area contributed by atoms with E-state index in [0.29, 0.717) is 0 Å². The summed E-state index contributed by atoms with van der Waals surface area (Å²) in [5.41, 5.74) is 2.34. The van der Waals surface area contributed by atoms with Gasteiger partial charge in [0.25, 0.3) is 0 Å². The van der Waals surface area contributed by atoms with E-state index in [1.807, 2.05) is 6.92 Å². The standard InChI is InChI=1S/C10H16BrClN2/c1-8-7-9(2)14(13-8)6-4-3-5-10(11)12/h7,10H,3-6H2,1-2H3. The van der Waals surface area contributed by atoms with Crippen LogP contribution in [0.2, 0.25) is 0 Å². The molecule has 0 N–H and O–H groups in total. The number of halogens is 2. The Morgan fingerprint density at radius 3 is 2.71 bits per heavy atom. The van der Waals surface area contributed by atoms with Crippen molar-refractivity contribution in [2.75, 3.05) is 0 Å². The number of hydrogen-bond donors (Lipinski definition) is 0. The molecule has 1 aromatic rings. The van der Waals surface area contributed by atoms with E-state index in [1.165, 1.54) is 5.69 Å². The van der Waals surface area contributed by atoms with Crippen LogP contribution < -0.4 is 0 Å². The zero-order chi connectivity index (χ0) is 10.6. The maximum Gasteiger partial charge on any atom is 0.0886 e. The summed E-state index contributed by atoms with van der Waals surface area (Å²) < 4.78 is 2.18. The molecule has 0 spiro atoms. The van der Waals surface area contributed by atoms with Crippen LogP contribution in [0.15, 0.2) is 6.07 Å². The molecule has 80 valence electrons. The average Bonchev–Trinajstić information content (AvgIpc) is 2.39. The third kappa shape index (κ3) is 4.01. The van der Waals surface area contributed by atoms with Gasteiger partial charge in [-0.25, -0.2) is 0 Å². The fourth-order valence-corrected chi connectivity index (χ4v) is 1.94. The summed E-state index contributed by atoms with van der Waals surface area (Å²) >= 11 is 9.11. The summed E-state index contributed by atoms with van der Waals surface area (Å²) in [5, 5.41) is 4.40. The zero-order valence-corrected chi connectivity index (χ0v) is 11.0. The molecule has 0 fully saturated rings. The van der Waals surface area contributed by atoms with Gasteiger partial charge in [0.05, 0.1) is 9.98 Å². The van der Waals surface area contributed by atoms with Crippen molar-refractivity contribution < 1.29 is 0 Å². The van der Waals surface area contributed by atoms with Gasteiger partial charge >= 0.3 is 0 Å². The van der Waals surface area contributed by atoms with Crippen molar-refractivity contribution in [1.29, 1.82) is 0 Å². The van der Waals surface area contributed by atoms with Crippen molar-refractivity contribution in [2.45, 2.75) is 43.9 Å². The summed E-state index contributed by atoms with van der Waals surface area (Å²) in [6.45, 7) is 5.11. The lowest BCUT2D eigenvalue weighted by atomic mass is 10.2. The predicted octanol–water partition coefficient (Wildman–Crippen LogP) is 3.63. The number of unbranched alkanes of at least 4 members (excludes halogenated alkanes) is 1. The van der Waals surface area contributed by atoms with Crippen LogP contribution in [0.5, 0.6) is 0 Å². The van der Waals surface area contributed by atoms with Crippen LogP contribution in [0.1, 0.15) is 30.7 Å². The second-order valence-electron chi connectivity index (χ2n) is 3.54. The van der Waals surface area contributed by atoms with Gasteiger partial charge < -0.3 is 0 Å². The molecule has 0 aliphatic heterocycles. The van der Waals surface area contributed by atoms with Gasteiger partial charge in [-0.2, -0.15) is 5.10 Å². The Morgan fingerprint density at radius 1 is 1.50 bits per heavy atom. The molecule has 1 atom stereocenters. The zero-order valence-electron chi connectivity index (χ0n) is 8.63. The first-order chi connectivity index (χ1) is 6.59. The molecular weight excluding hydrogens is 263 g/mol. The molecule has 2 nitrogen and oxygen atoms in total. The van der Waals surface area contributed by atoms with Crippen molar-refractivity contribution >= 4 is 27.5 Å². The molecule has 0 amide bonds. The molecule has 0 bridgehead atoms. The molecule has 4 heteroatoms. The van der Waals surface area contributed by atoms with Crippen LogP contribution in [0.3, 0.4) is 0 Å². The minimum atomic E-state index is 0.114. The summed E-state index contributed by atoms with van der Waals surface area (Å²) in [7, 11) is 0. The van der Waals surface area contributed by atoms with Gasteiger partial charge in [-0.15, -0.1) is 11.6 Å². The van der Waals surface area contributed by atoms with Crippen molar-refractivity contribution in [1.82, 2.24) is 9.78 Å². The average molecular weight is 280 g/mol. The van der Waals surface area contributed by atoms with E-state index >= 15 is 0 Å². The first-order valence-corrected chi connectivity index (χ1v) is 6.24. The van der Waals surface area contributed by atoms with Crippen molar-refractivity contribution in [3.63, 3.8) is 0 Å². The van der Waals surface area contributed by atoms with Crippen LogP contribution in [-0.4, -0.2) is 14.1 Å². The smallest absolute Gasteiger partial charge is 0.0886 e. The van der Waals surface area contributed by atoms with E-state index in [-0.39, 0.29) is 4.29 Å². The molecular formula is C10H16BrClN2. The van der Waals surface area contributed by atoms with Gasteiger partial charge in [-0.3, -0.25) is 4.68 Å². The molecule has 1 aromatic heterocycles. The van der Waals surface area contributed by atoms with Gasteiger partial charge in [-0.1, -0.05) is 15.9 Å². The molecule has 0 aromatic carbocycles. The van der Waals surface area contributed by atoms with Crippen molar-refractivity contribution in [3.8, 4) is 0 Å². The van der Waals surface area contributed by atoms with Gasteiger partial charge in [0.15, 0.2) is 0 Å². The molecule has 0 radical (unpaired) electrons. The number of rotatable bonds is 5. The molecule has 0 saturated heterocycles.